The van der Waals surface area contributed by atoms with Crippen LogP contribution in [0.15, 0.2) is 42.5 Å². The summed E-state index contributed by atoms with van der Waals surface area (Å²) in [5.41, 5.74) is 2.41. The Balaban J connectivity index is 1.91. The molecule has 0 atom stereocenters. The number of rotatable bonds is 4. The molecule has 1 aliphatic rings. The number of anilines is 1. The standard InChI is InChI=1S/C24H31ClFN3S/c1-16-12-18(10-11-20(16)25)27-22(30)29(15-17-8-6-7-9-21(17)26)19-13-23(2,3)28-24(4,5)14-19/h6-12,19,28H,13-15H2,1-5H3,(H,27,30). The number of halogens is 2. The Bertz CT molecular complexity index is 912. The van der Waals surface area contributed by atoms with Crippen LogP contribution >= 0.6 is 23.8 Å². The summed E-state index contributed by atoms with van der Waals surface area (Å²) in [4.78, 5) is 2.14. The summed E-state index contributed by atoms with van der Waals surface area (Å²) < 4.78 is 14.5. The van der Waals surface area contributed by atoms with E-state index in [1.54, 1.807) is 6.07 Å². The van der Waals surface area contributed by atoms with Crippen LogP contribution in [-0.4, -0.2) is 27.1 Å². The van der Waals surface area contributed by atoms with Gasteiger partial charge in [-0.25, -0.2) is 4.39 Å². The minimum atomic E-state index is -0.208. The quantitative estimate of drug-likeness (QED) is 0.538. The molecule has 2 aromatic rings. The maximum atomic E-state index is 14.5. The lowest BCUT2D eigenvalue weighted by Crippen LogP contribution is -2.63. The fourth-order valence-corrected chi connectivity index (χ4v) is 5.03. The summed E-state index contributed by atoms with van der Waals surface area (Å²) in [5.74, 6) is -0.208. The van der Waals surface area contributed by atoms with Gasteiger partial charge in [0, 0.05) is 39.9 Å². The maximum absolute atomic E-state index is 14.5. The minimum Gasteiger partial charge on any atom is -0.341 e. The topological polar surface area (TPSA) is 27.3 Å². The van der Waals surface area contributed by atoms with E-state index in [9.17, 15) is 4.39 Å². The van der Waals surface area contributed by atoms with Gasteiger partial charge < -0.3 is 15.5 Å². The van der Waals surface area contributed by atoms with Gasteiger partial charge in [0.15, 0.2) is 5.11 Å². The van der Waals surface area contributed by atoms with Crippen molar-refractivity contribution in [3.8, 4) is 0 Å². The molecule has 0 aliphatic carbocycles. The smallest absolute Gasteiger partial charge is 0.173 e. The highest BCUT2D eigenvalue weighted by molar-refractivity contribution is 7.80. The Morgan fingerprint density at radius 2 is 1.80 bits per heavy atom. The molecule has 0 unspecified atom stereocenters. The van der Waals surface area contributed by atoms with E-state index in [4.69, 9.17) is 23.8 Å². The zero-order valence-electron chi connectivity index (χ0n) is 18.4. The van der Waals surface area contributed by atoms with Gasteiger partial charge in [-0.1, -0.05) is 29.8 Å². The van der Waals surface area contributed by atoms with Crippen molar-refractivity contribution in [2.45, 2.75) is 71.1 Å². The fraction of sp³-hybridized carbons (Fsp3) is 0.458. The highest BCUT2D eigenvalue weighted by Gasteiger charge is 2.40. The molecule has 0 radical (unpaired) electrons. The molecule has 162 valence electrons. The van der Waals surface area contributed by atoms with Crippen LogP contribution in [0.4, 0.5) is 10.1 Å². The van der Waals surface area contributed by atoms with Gasteiger partial charge in [-0.2, -0.15) is 0 Å². The average Bonchev–Trinajstić information content (AvgIpc) is 2.61. The van der Waals surface area contributed by atoms with Crippen molar-refractivity contribution in [2.75, 3.05) is 5.32 Å². The summed E-state index contributed by atoms with van der Waals surface area (Å²) >= 11 is 12.0. The van der Waals surface area contributed by atoms with E-state index in [0.29, 0.717) is 17.2 Å². The minimum absolute atomic E-state index is 0.0492. The van der Waals surface area contributed by atoms with Gasteiger partial charge in [-0.3, -0.25) is 0 Å². The molecule has 1 fully saturated rings. The monoisotopic (exact) mass is 447 g/mol. The van der Waals surface area contributed by atoms with Gasteiger partial charge in [0.2, 0.25) is 0 Å². The van der Waals surface area contributed by atoms with Gasteiger partial charge >= 0.3 is 0 Å². The van der Waals surface area contributed by atoms with Crippen LogP contribution in [0.5, 0.6) is 0 Å². The third kappa shape index (κ3) is 5.71. The molecular formula is C24H31ClFN3S. The van der Waals surface area contributed by atoms with Gasteiger partial charge in [0.25, 0.3) is 0 Å². The van der Waals surface area contributed by atoms with Crippen molar-refractivity contribution in [1.29, 1.82) is 0 Å². The molecule has 3 rings (SSSR count). The Morgan fingerprint density at radius 1 is 1.17 bits per heavy atom. The van der Waals surface area contributed by atoms with E-state index in [1.807, 2.05) is 37.3 Å². The SMILES string of the molecule is Cc1cc(NC(=S)N(Cc2ccccc2F)C2CC(C)(C)NC(C)(C)C2)ccc1Cl. The zero-order valence-corrected chi connectivity index (χ0v) is 19.9. The number of hydrogen-bond acceptors (Lipinski definition) is 2. The van der Waals surface area contributed by atoms with Crippen LogP contribution in [-0.2, 0) is 6.54 Å². The van der Waals surface area contributed by atoms with E-state index in [1.165, 1.54) is 6.07 Å². The van der Waals surface area contributed by atoms with Gasteiger partial charge in [0.1, 0.15) is 5.82 Å². The molecule has 0 bridgehead atoms. The highest BCUT2D eigenvalue weighted by Crippen LogP contribution is 2.33. The van der Waals surface area contributed by atoms with Gasteiger partial charge in [-0.15, -0.1) is 0 Å². The van der Waals surface area contributed by atoms with Crippen molar-refractivity contribution in [3.63, 3.8) is 0 Å². The van der Waals surface area contributed by atoms with Crippen LogP contribution in [0.1, 0.15) is 51.7 Å². The summed E-state index contributed by atoms with van der Waals surface area (Å²) in [5, 5.41) is 8.39. The predicted octanol–water partition coefficient (Wildman–Crippen LogP) is 6.30. The van der Waals surface area contributed by atoms with E-state index in [0.717, 1.165) is 29.1 Å². The zero-order chi connectivity index (χ0) is 22.1. The van der Waals surface area contributed by atoms with Crippen LogP contribution < -0.4 is 10.6 Å². The number of thiocarbonyl (C=S) groups is 1. The second-order valence-electron chi connectivity index (χ2n) is 9.57. The Hall–Kier alpha value is -1.69. The third-order valence-electron chi connectivity index (χ3n) is 5.58. The number of piperidine rings is 1. The predicted molar refractivity (Wildman–Crippen MR) is 129 cm³/mol. The first-order chi connectivity index (χ1) is 14.0. The molecule has 6 heteroatoms. The molecule has 0 saturated carbocycles. The lowest BCUT2D eigenvalue weighted by Gasteiger charge is -2.50. The van der Waals surface area contributed by atoms with E-state index in [-0.39, 0.29) is 22.9 Å². The summed E-state index contributed by atoms with van der Waals surface area (Å²) in [6.07, 6.45) is 1.82. The Labute approximate surface area is 190 Å². The second kappa shape index (κ2) is 8.81. The first-order valence-corrected chi connectivity index (χ1v) is 11.1. The first-order valence-electron chi connectivity index (χ1n) is 10.3. The number of nitrogens with one attached hydrogen (secondary N) is 2. The molecule has 3 nitrogen and oxygen atoms in total. The highest BCUT2D eigenvalue weighted by atomic mass is 35.5. The third-order valence-corrected chi connectivity index (χ3v) is 6.34. The molecule has 0 spiro atoms. The number of benzene rings is 2. The van der Waals surface area contributed by atoms with Crippen molar-refractivity contribution in [1.82, 2.24) is 10.2 Å². The molecule has 30 heavy (non-hydrogen) atoms. The molecule has 1 heterocycles. The summed E-state index contributed by atoms with van der Waals surface area (Å²) in [6, 6.07) is 12.8. The van der Waals surface area contributed by atoms with Crippen LogP contribution in [0.3, 0.4) is 0 Å². The number of aryl methyl sites for hydroxylation is 1. The Morgan fingerprint density at radius 3 is 2.40 bits per heavy atom. The van der Waals surface area contributed by atoms with E-state index >= 15 is 0 Å². The normalized spacial score (nSPS) is 18.1. The average molecular weight is 448 g/mol. The largest absolute Gasteiger partial charge is 0.341 e. The summed E-state index contributed by atoms with van der Waals surface area (Å²) in [7, 11) is 0. The van der Waals surface area contributed by atoms with Crippen LogP contribution in [0, 0.1) is 12.7 Å². The van der Waals surface area contributed by atoms with Gasteiger partial charge in [0.05, 0.1) is 0 Å². The second-order valence-corrected chi connectivity index (χ2v) is 10.4. The number of nitrogens with zero attached hydrogens (tertiary/aromatic N) is 1. The molecule has 1 aliphatic heterocycles. The molecule has 2 N–H and O–H groups in total. The molecule has 2 aromatic carbocycles. The summed E-state index contributed by atoms with van der Waals surface area (Å²) in [6.45, 7) is 11.2. The van der Waals surface area contributed by atoms with Crippen molar-refractivity contribution < 1.29 is 4.39 Å². The van der Waals surface area contributed by atoms with E-state index < -0.39 is 0 Å². The van der Waals surface area contributed by atoms with Crippen molar-refractivity contribution >= 4 is 34.6 Å². The van der Waals surface area contributed by atoms with Crippen LogP contribution in [0.2, 0.25) is 5.02 Å². The molecule has 0 aromatic heterocycles. The lowest BCUT2D eigenvalue weighted by atomic mass is 9.79. The molecule has 1 saturated heterocycles. The fourth-order valence-electron chi connectivity index (χ4n) is 4.58. The maximum Gasteiger partial charge on any atom is 0.173 e. The van der Waals surface area contributed by atoms with E-state index in [2.05, 4.69) is 43.2 Å². The molecular weight excluding hydrogens is 417 g/mol. The van der Waals surface area contributed by atoms with Crippen molar-refractivity contribution in [2.24, 2.45) is 0 Å². The van der Waals surface area contributed by atoms with Gasteiger partial charge in [-0.05, 0) is 89.5 Å². The lowest BCUT2D eigenvalue weighted by molar-refractivity contribution is 0.101. The van der Waals surface area contributed by atoms with Crippen LogP contribution in [0.25, 0.3) is 0 Å². The number of hydrogen-bond donors (Lipinski definition) is 2. The first kappa shape index (κ1) is 23.0. The molecule has 0 amide bonds. The van der Waals surface area contributed by atoms with Crippen molar-refractivity contribution in [3.05, 3.63) is 64.4 Å². The Kier molecular flexibility index (Phi) is 6.75.